The van der Waals surface area contributed by atoms with Gasteiger partial charge in [0.1, 0.15) is 36.9 Å². The first-order valence-corrected chi connectivity index (χ1v) is 31.9. The Balaban J connectivity index is 0.000000225. The summed E-state index contributed by atoms with van der Waals surface area (Å²) in [6.07, 6.45) is 6.10. The van der Waals surface area contributed by atoms with Crippen LogP contribution in [0, 0.1) is 27.7 Å². The van der Waals surface area contributed by atoms with E-state index in [1.54, 1.807) is 0 Å². The van der Waals surface area contributed by atoms with E-state index in [4.69, 9.17) is 32.7 Å². The van der Waals surface area contributed by atoms with Crippen molar-refractivity contribution in [3.8, 4) is 22.6 Å². The third kappa shape index (κ3) is 13.1. The fraction of sp³-hybridized carbons (Fsp3) is 0.515. The second-order valence-electron chi connectivity index (χ2n) is 24.5. The van der Waals surface area contributed by atoms with Gasteiger partial charge in [-0.15, -0.1) is 0 Å². The number of hydrogen-bond donors (Lipinski definition) is 0. The number of ether oxygens (including phenoxy) is 4. The lowest BCUT2D eigenvalue weighted by Gasteiger charge is -2.34. The fourth-order valence-corrected chi connectivity index (χ4v) is 13.5. The lowest BCUT2D eigenvalue weighted by molar-refractivity contribution is -0.143. The molecule has 9 nitrogen and oxygen atoms in total. The predicted octanol–water partition coefficient (Wildman–Crippen LogP) is 15.0. The SMILES string of the molecule is CCC(CC)(c1ccc(OC[C@H]2CCC(=O)O2)c(C)c1)c1ccc(-c2ccc(C(C)(C)O[Si](C)(C)C)cc2)c(C)c1.CCC(CC)(c1ccc(OC[C@H]2CCC(=O)O2)c(C)c1)c1ccc(B2OC(C)(C)C(C)(C)O2)c(C)c1. The van der Waals surface area contributed by atoms with Crippen molar-refractivity contribution in [3.63, 3.8) is 0 Å². The predicted molar refractivity (Wildman–Crippen MR) is 315 cm³/mol. The van der Waals surface area contributed by atoms with Gasteiger partial charge in [0.2, 0.25) is 0 Å². The standard InChI is InChI=1S/C36H48O4Si.C30H41BO5/c1-10-36(11-2,30-17-20-33(26(4)23-30)38-24-31-18-21-34(37)39-31)29-16-19-32(25(3)22-29)27-12-14-28(15-13-27)35(5,6)40-41(7,8)9;1-9-30(10-2,23-12-15-26(21(4)18-23)33-19-24-13-16-27(32)34-24)22-11-14-25(20(3)17-22)31-35-28(5,6)29(7,8)36-31/h12-17,19-20,22-23,31H,10-11,18,21,24H2,1-9H3;11-12,14-15,17-18,24H,9-10,13,16,19H2,1-8H3/t31-;24-/m11/s1. The largest absolute Gasteiger partial charge is 0.495 e. The first kappa shape index (κ1) is 59.5. The van der Waals surface area contributed by atoms with Crippen LogP contribution >= 0.6 is 0 Å². The molecule has 414 valence electrons. The smallest absolute Gasteiger partial charge is 0.489 e. The number of carbonyl (C=O) groups is 2. The molecule has 5 aromatic rings. The van der Waals surface area contributed by atoms with Crippen LogP contribution in [0.1, 0.15) is 171 Å². The van der Waals surface area contributed by atoms with Crippen LogP contribution in [0.5, 0.6) is 11.5 Å². The molecule has 0 aromatic heterocycles. The molecule has 0 spiro atoms. The summed E-state index contributed by atoms with van der Waals surface area (Å²) in [6, 6.07) is 35.7. The van der Waals surface area contributed by atoms with Gasteiger partial charge in [-0.25, -0.2) is 0 Å². The first-order valence-electron chi connectivity index (χ1n) is 28.5. The van der Waals surface area contributed by atoms with E-state index >= 15 is 0 Å². The maximum atomic E-state index is 11.4. The quantitative estimate of drug-likeness (QED) is 0.0591. The molecular formula is C66H89BO9Si. The van der Waals surface area contributed by atoms with Crippen molar-refractivity contribution in [1.29, 1.82) is 0 Å². The minimum atomic E-state index is -1.66. The van der Waals surface area contributed by atoms with Gasteiger partial charge < -0.3 is 32.7 Å². The zero-order valence-corrected chi connectivity index (χ0v) is 50.7. The minimum absolute atomic E-state index is 0.0877. The maximum absolute atomic E-state index is 11.4. The second-order valence-corrected chi connectivity index (χ2v) is 28.9. The monoisotopic (exact) mass is 1060 g/mol. The molecule has 5 aromatic carbocycles. The Morgan fingerprint density at radius 3 is 1.30 bits per heavy atom. The number of aryl methyl sites for hydroxylation is 4. The molecule has 77 heavy (non-hydrogen) atoms. The van der Waals surface area contributed by atoms with Crippen LogP contribution in [0.15, 0.2) is 97.1 Å². The molecule has 3 aliphatic rings. The van der Waals surface area contributed by atoms with E-state index in [-0.39, 0.29) is 58.9 Å². The Bertz CT molecular complexity index is 2860. The van der Waals surface area contributed by atoms with Crippen molar-refractivity contribution in [2.24, 2.45) is 0 Å². The number of rotatable bonds is 19. The molecule has 0 amide bonds. The number of benzene rings is 5. The maximum Gasteiger partial charge on any atom is 0.495 e. The second kappa shape index (κ2) is 23.6. The highest BCUT2D eigenvalue weighted by Gasteiger charge is 2.52. The van der Waals surface area contributed by atoms with E-state index in [1.165, 1.54) is 50.1 Å². The molecule has 3 fully saturated rings. The number of esters is 2. The fourth-order valence-electron chi connectivity index (χ4n) is 11.8. The van der Waals surface area contributed by atoms with Crippen molar-refractivity contribution in [3.05, 3.63) is 147 Å². The summed E-state index contributed by atoms with van der Waals surface area (Å²) in [4.78, 5) is 22.8. The summed E-state index contributed by atoms with van der Waals surface area (Å²) in [5, 5.41) is 0. The topological polar surface area (TPSA) is 98.8 Å². The third-order valence-electron chi connectivity index (χ3n) is 17.2. The Labute approximate surface area is 463 Å². The van der Waals surface area contributed by atoms with Crippen LogP contribution < -0.4 is 14.9 Å². The van der Waals surface area contributed by atoms with E-state index in [0.29, 0.717) is 26.1 Å². The average Bonchev–Trinajstić information content (AvgIpc) is 4.06. The molecule has 0 bridgehead atoms. The Morgan fingerprint density at radius 2 is 0.935 bits per heavy atom. The van der Waals surface area contributed by atoms with E-state index in [1.807, 2.05) is 0 Å². The van der Waals surface area contributed by atoms with E-state index in [9.17, 15) is 9.59 Å². The molecule has 3 heterocycles. The van der Waals surface area contributed by atoms with Crippen LogP contribution in [-0.4, -0.2) is 64.0 Å². The molecule has 0 N–H and O–H groups in total. The highest BCUT2D eigenvalue weighted by Crippen LogP contribution is 2.44. The normalized spacial score (nSPS) is 18.4. The Morgan fingerprint density at radius 1 is 0.545 bits per heavy atom. The van der Waals surface area contributed by atoms with Crippen molar-refractivity contribution in [2.75, 3.05) is 13.2 Å². The summed E-state index contributed by atoms with van der Waals surface area (Å²) in [6.45, 7) is 37.9. The molecule has 3 aliphatic heterocycles. The zero-order chi connectivity index (χ0) is 56.3. The number of hydrogen-bond acceptors (Lipinski definition) is 9. The summed E-state index contributed by atoms with van der Waals surface area (Å²) >= 11 is 0. The van der Waals surface area contributed by atoms with Gasteiger partial charge in [-0.05, 0) is 201 Å². The van der Waals surface area contributed by atoms with Crippen LogP contribution in [0.25, 0.3) is 11.1 Å². The lowest BCUT2D eigenvalue weighted by Crippen LogP contribution is -2.41. The Hall–Kier alpha value is -5.20. The van der Waals surface area contributed by atoms with Gasteiger partial charge in [0.25, 0.3) is 0 Å². The molecule has 0 unspecified atom stereocenters. The molecule has 11 heteroatoms. The van der Waals surface area contributed by atoms with Gasteiger partial charge >= 0.3 is 19.1 Å². The van der Waals surface area contributed by atoms with E-state index < -0.39 is 8.32 Å². The average molecular weight is 1070 g/mol. The molecule has 3 saturated heterocycles. The van der Waals surface area contributed by atoms with Crippen molar-refractivity contribution in [1.82, 2.24) is 0 Å². The summed E-state index contributed by atoms with van der Waals surface area (Å²) in [7, 11) is -2.03. The lowest BCUT2D eigenvalue weighted by atomic mass is 9.68. The molecule has 0 saturated carbocycles. The van der Waals surface area contributed by atoms with Crippen molar-refractivity contribution < 1.29 is 42.3 Å². The van der Waals surface area contributed by atoms with Gasteiger partial charge in [0, 0.05) is 23.7 Å². The summed E-state index contributed by atoms with van der Waals surface area (Å²) in [5.41, 5.74) is 13.5. The number of carbonyl (C=O) groups excluding carboxylic acids is 2. The van der Waals surface area contributed by atoms with E-state index in [0.717, 1.165) is 66.6 Å². The van der Waals surface area contributed by atoms with Gasteiger partial charge in [0.15, 0.2) is 8.32 Å². The van der Waals surface area contributed by atoms with E-state index in [2.05, 4.69) is 214 Å². The van der Waals surface area contributed by atoms with Crippen LogP contribution in [-0.2, 0) is 49.2 Å². The first-order chi connectivity index (χ1) is 36.2. The van der Waals surface area contributed by atoms with Crippen LogP contribution in [0.2, 0.25) is 19.6 Å². The highest BCUT2D eigenvalue weighted by atomic mass is 28.4. The highest BCUT2D eigenvalue weighted by molar-refractivity contribution is 6.69. The van der Waals surface area contributed by atoms with Gasteiger partial charge in [-0.3, -0.25) is 9.59 Å². The molecule has 0 aliphatic carbocycles. The minimum Gasteiger partial charge on any atom is -0.489 e. The summed E-state index contributed by atoms with van der Waals surface area (Å²) < 4.78 is 41.8. The van der Waals surface area contributed by atoms with Gasteiger partial charge in [-0.1, -0.05) is 118 Å². The molecule has 0 radical (unpaired) electrons. The van der Waals surface area contributed by atoms with Gasteiger partial charge in [0.05, 0.1) is 16.8 Å². The summed E-state index contributed by atoms with van der Waals surface area (Å²) in [5.74, 6) is 1.43. The molecule has 8 rings (SSSR count). The Kier molecular flexibility index (Phi) is 18.3. The van der Waals surface area contributed by atoms with Crippen LogP contribution in [0.4, 0.5) is 0 Å². The molecular weight excluding hydrogens is 976 g/mol. The van der Waals surface area contributed by atoms with Gasteiger partial charge in [-0.2, -0.15) is 0 Å². The number of cyclic esters (lactones) is 2. The van der Waals surface area contributed by atoms with Crippen molar-refractivity contribution >= 4 is 32.8 Å². The van der Waals surface area contributed by atoms with Crippen LogP contribution in [0.3, 0.4) is 0 Å². The van der Waals surface area contributed by atoms with Crippen molar-refractivity contribution in [2.45, 2.75) is 208 Å². The zero-order valence-electron chi connectivity index (χ0n) is 49.7. The third-order valence-corrected chi connectivity index (χ3v) is 18.3. The molecule has 2 atom stereocenters.